The smallest absolute Gasteiger partial charge is 0.419 e. The summed E-state index contributed by atoms with van der Waals surface area (Å²) in [5.41, 5.74) is 7.27. The Bertz CT molecular complexity index is 932. The molecule has 0 aliphatic rings. The first-order chi connectivity index (χ1) is 11.6. The van der Waals surface area contributed by atoms with E-state index in [2.05, 4.69) is 0 Å². The average molecular weight is 343 g/mol. The molecule has 2 N–H and O–H groups in total. The summed E-state index contributed by atoms with van der Waals surface area (Å²) in [6.07, 6.45) is -0.666. The van der Waals surface area contributed by atoms with Crippen molar-refractivity contribution in [2.75, 3.05) is 12.3 Å². The molecule has 24 heavy (non-hydrogen) atoms. The van der Waals surface area contributed by atoms with Gasteiger partial charge in [0.1, 0.15) is 5.69 Å². The third-order valence-corrected chi connectivity index (χ3v) is 4.00. The Hall–Kier alpha value is -2.79. The summed E-state index contributed by atoms with van der Waals surface area (Å²) in [6, 6.07) is 13.6. The van der Waals surface area contributed by atoms with Crippen molar-refractivity contribution in [3.8, 4) is 0 Å². The van der Waals surface area contributed by atoms with E-state index >= 15 is 0 Å². The van der Waals surface area contributed by atoms with Crippen LogP contribution in [0.1, 0.15) is 23.0 Å². The first-order valence-corrected chi connectivity index (χ1v) is 7.79. The lowest BCUT2D eigenvalue weighted by atomic mass is 10.1. The molecule has 0 saturated heterocycles. The highest BCUT2D eigenvalue weighted by atomic mass is 35.5. The molecule has 0 atom stereocenters. The number of nitrogens with two attached hydrogens (primary N) is 1. The molecular formula is C18H15ClN2O3. The Kier molecular flexibility index (Phi) is 4.27. The number of carbonyl (C=O) groups is 2. The normalized spacial score (nSPS) is 10.8. The lowest BCUT2D eigenvalue weighted by Gasteiger charge is -2.09. The van der Waals surface area contributed by atoms with Gasteiger partial charge < -0.3 is 10.5 Å². The molecule has 1 heterocycles. The van der Waals surface area contributed by atoms with Crippen LogP contribution in [-0.2, 0) is 4.74 Å². The Balaban J connectivity index is 2.32. The second-order valence-electron chi connectivity index (χ2n) is 5.13. The van der Waals surface area contributed by atoms with Crippen molar-refractivity contribution < 1.29 is 14.3 Å². The molecule has 5 nitrogen and oxygen atoms in total. The summed E-state index contributed by atoms with van der Waals surface area (Å²) in [5, 5.41) is 0.835. The fourth-order valence-electron chi connectivity index (χ4n) is 2.65. The van der Waals surface area contributed by atoms with Gasteiger partial charge in [-0.25, -0.2) is 9.36 Å². The zero-order valence-electron chi connectivity index (χ0n) is 13.0. The van der Waals surface area contributed by atoms with Gasteiger partial charge in [-0.2, -0.15) is 0 Å². The van der Waals surface area contributed by atoms with Gasteiger partial charge in [0.2, 0.25) is 5.78 Å². The van der Waals surface area contributed by atoms with Gasteiger partial charge in [0, 0.05) is 10.9 Å². The SMILES string of the molecule is CCOC(=O)n1c(C(=O)c2ccccc2)c(N)c2c(Cl)cccc21. The number of hydrogen-bond acceptors (Lipinski definition) is 4. The van der Waals surface area contributed by atoms with Crippen LogP contribution in [0.3, 0.4) is 0 Å². The van der Waals surface area contributed by atoms with Crippen LogP contribution >= 0.6 is 11.6 Å². The summed E-state index contributed by atoms with van der Waals surface area (Å²) in [4.78, 5) is 25.4. The average Bonchev–Trinajstić information content (AvgIpc) is 2.89. The molecular weight excluding hydrogens is 328 g/mol. The van der Waals surface area contributed by atoms with E-state index in [1.807, 2.05) is 0 Å². The molecule has 0 aliphatic carbocycles. The summed E-state index contributed by atoms with van der Waals surface area (Å²) in [6.45, 7) is 1.87. The van der Waals surface area contributed by atoms with Crippen LogP contribution in [0, 0.1) is 0 Å². The molecule has 0 radical (unpaired) electrons. The highest BCUT2D eigenvalue weighted by Crippen LogP contribution is 2.35. The van der Waals surface area contributed by atoms with Gasteiger partial charge in [-0.1, -0.05) is 48.0 Å². The number of benzene rings is 2. The number of nitrogens with zero attached hydrogens (tertiary/aromatic N) is 1. The van der Waals surface area contributed by atoms with Gasteiger partial charge >= 0.3 is 6.09 Å². The van der Waals surface area contributed by atoms with Crippen LogP contribution in [-0.4, -0.2) is 23.1 Å². The number of ketones is 1. The van der Waals surface area contributed by atoms with Crippen molar-refractivity contribution in [2.45, 2.75) is 6.92 Å². The van der Waals surface area contributed by atoms with Gasteiger partial charge in [-0.3, -0.25) is 4.79 Å². The summed E-state index contributed by atoms with van der Waals surface area (Å²) < 4.78 is 6.28. The Morgan fingerprint density at radius 2 is 1.83 bits per heavy atom. The minimum Gasteiger partial charge on any atom is -0.449 e. The van der Waals surface area contributed by atoms with E-state index in [1.54, 1.807) is 55.5 Å². The molecule has 1 aromatic heterocycles. The summed E-state index contributed by atoms with van der Waals surface area (Å²) in [7, 11) is 0. The lowest BCUT2D eigenvalue weighted by Crippen LogP contribution is -2.20. The Morgan fingerprint density at radius 3 is 2.50 bits per heavy atom. The summed E-state index contributed by atoms with van der Waals surface area (Å²) in [5.74, 6) is -0.367. The number of nitrogen functional groups attached to an aromatic ring is 1. The Labute approximate surface area is 143 Å². The molecule has 0 bridgehead atoms. The monoisotopic (exact) mass is 342 g/mol. The van der Waals surface area contributed by atoms with Crippen LogP contribution in [0.4, 0.5) is 10.5 Å². The quantitative estimate of drug-likeness (QED) is 0.727. The number of ether oxygens (including phenoxy) is 1. The zero-order valence-corrected chi connectivity index (χ0v) is 13.7. The molecule has 2 aromatic carbocycles. The molecule has 3 rings (SSSR count). The van der Waals surface area contributed by atoms with Crippen molar-refractivity contribution >= 4 is 40.1 Å². The fraction of sp³-hybridized carbons (Fsp3) is 0.111. The second-order valence-corrected chi connectivity index (χ2v) is 5.53. The first-order valence-electron chi connectivity index (χ1n) is 7.41. The predicted molar refractivity (Wildman–Crippen MR) is 93.7 cm³/mol. The standard InChI is InChI=1S/C18H15ClN2O3/c1-2-24-18(23)21-13-10-6-9-12(19)14(13)15(20)16(21)17(22)11-7-4-3-5-8-11/h3-10H,2,20H2,1H3. The number of rotatable bonds is 3. The van der Waals surface area contributed by atoms with Crippen LogP contribution in [0.2, 0.25) is 5.02 Å². The molecule has 6 heteroatoms. The largest absolute Gasteiger partial charge is 0.449 e. The van der Waals surface area contributed by atoms with Crippen LogP contribution in [0.15, 0.2) is 48.5 Å². The maximum atomic E-state index is 12.9. The molecule has 0 spiro atoms. The number of fused-ring (bicyclic) bond motifs is 1. The molecule has 3 aromatic rings. The van der Waals surface area contributed by atoms with Gasteiger partial charge in [0.25, 0.3) is 0 Å². The maximum absolute atomic E-state index is 12.9. The fourth-order valence-corrected chi connectivity index (χ4v) is 2.92. The third kappa shape index (κ3) is 2.53. The Morgan fingerprint density at radius 1 is 1.12 bits per heavy atom. The highest BCUT2D eigenvalue weighted by Gasteiger charge is 2.27. The van der Waals surface area contributed by atoms with E-state index in [0.717, 1.165) is 0 Å². The van der Waals surface area contributed by atoms with Crippen molar-refractivity contribution in [3.63, 3.8) is 0 Å². The number of carbonyl (C=O) groups excluding carboxylic acids is 2. The van der Waals surface area contributed by atoms with Crippen molar-refractivity contribution in [3.05, 3.63) is 64.8 Å². The molecule has 0 amide bonds. The van der Waals surface area contributed by atoms with E-state index in [1.165, 1.54) is 4.57 Å². The van der Waals surface area contributed by atoms with Gasteiger partial charge in [0.15, 0.2) is 0 Å². The third-order valence-electron chi connectivity index (χ3n) is 3.68. The molecule has 122 valence electrons. The first kappa shape index (κ1) is 16.1. The van der Waals surface area contributed by atoms with Crippen LogP contribution in [0.25, 0.3) is 10.9 Å². The number of aromatic nitrogens is 1. The van der Waals surface area contributed by atoms with E-state index < -0.39 is 6.09 Å². The van der Waals surface area contributed by atoms with E-state index in [9.17, 15) is 9.59 Å². The molecule has 0 unspecified atom stereocenters. The lowest BCUT2D eigenvalue weighted by molar-refractivity contribution is 0.102. The van der Waals surface area contributed by atoms with E-state index in [4.69, 9.17) is 22.1 Å². The molecule has 0 saturated carbocycles. The minimum atomic E-state index is -0.666. The van der Waals surface area contributed by atoms with Crippen LogP contribution < -0.4 is 5.73 Å². The zero-order chi connectivity index (χ0) is 17.3. The van der Waals surface area contributed by atoms with Crippen LogP contribution in [0.5, 0.6) is 0 Å². The second kappa shape index (κ2) is 6.37. The highest BCUT2D eigenvalue weighted by molar-refractivity contribution is 6.37. The maximum Gasteiger partial charge on any atom is 0.419 e. The predicted octanol–water partition coefficient (Wildman–Crippen LogP) is 4.11. The van der Waals surface area contributed by atoms with Crippen molar-refractivity contribution in [2.24, 2.45) is 0 Å². The van der Waals surface area contributed by atoms with Crippen molar-refractivity contribution in [1.82, 2.24) is 4.57 Å². The van der Waals surface area contributed by atoms with E-state index in [-0.39, 0.29) is 23.8 Å². The number of anilines is 1. The van der Waals surface area contributed by atoms with Crippen molar-refractivity contribution in [1.29, 1.82) is 0 Å². The van der Waals surface area contributed by atoms with Gasteiger partial charge in [0.05, 0.1) is 22.8 Å². The van der Waals surface area contributed by atoms with Gasteiger partial charge in [-0.15, -0.1) is 0 Å². The number of halogens is 1. The van der Waals surface area contributed by atoms with E-state index in [0.29, 0.717) is 21.5 Å². The molecule has 0 aliphatic heterocycles. The van der Waals surface area contributed by atoms with Gasteiger partial charge in [-0.05, 0) is 19.1 Å². The summed E-state index contributed by atoms with van der Waals surface area (Å²) >= 11 is 6.22. The molecule has 0 fully saturated rings. The topological polar surface area (TPSA) is 74.3 Å². The number of hydrogen-bond donors (Lipinski definition) is 1. The minimum absolute atomic E-state index is 0.0581.